The van der Waals surface area contributed by atoms with Crippen molar-refractivity contribution in [2.75, 3.05) is 6.61 Å². The molecular formula is C7H7F3O4. The van der Waals surface area contributed by atoms with Crippen LogP contribution in [0, 0.1) is 0 Å². The Bertz CT molecular complexity index is 244. The van der Waals surface area contributed by atoms with Crippen molar-refractivity contribution < 1.29 is 32.6 Å². The first-order valence-electron chi connectivity index (χ1n) is 3.46. The number of carbonyl (C=O) groups is 2. The van der Waals surface area contributed by atoms with Crippen LogP contribution >= 0.6 is 0 Å². The lowest BCUT2D eigenvalue weighted by Crippen LogP contribution is -2.13. The molecule has 0 radical (unpaired) electrons. The van der Waals surface area contributed by atoms with Gasteiger partial charge in [0, 0.05) is 12.2 Å². The lowest BCUT2D eigenvalue weighted by atomic mass is 10.4. The van der Waals surface area contributed by atoms with E-state index in [1.807, 2.05) is 0 Å². The van der Waals surface area contributed by atoms with Gasteiger partial charge in [0.15, 0.2) is 0 Å². The van der Waals surface area contributed by atoms with E-state index >= 15 is 0 Å². The molecule has 4 nitrogen and oxygen atoms in total. The molecular weight excluding hydrogens is 205 g/mol. The molecule has 0 spiro atoms. The largest absolute Gasteiger partial charge is 0.478 e. The summed E-state index contributed by atoms with van der Waals surface area (Å²) in [6.45, 7) is -0.813. The third-order valence-electron chi connectivity index (χ3n) is 0.992. The molecule has 7 heteroatoms. The van der Waals surface area contributed by atoms with Crippen LogP contribution in [0.15, 0.2) is 12.2 Å². The van der Waals surface area contributed by atoms with Crippen LogP contribution < -0.4 is 0 Å². The number of hydrogen-bond donors (Lipinski definition) is 1. The van der Waals surface area contributed by atoms with E-state index in [9.17, 15) is 22.8 Å². The van der Waals surface area contributed by atoms with E-state index in [2.05, 4.69) is 4.74 Å². The first-order chi connectivity index (χ1) is 6.31. The summed E-state index contributed by atoms with van der Waals surface area (Å²) in [5, 5.41) is 8.04. The van der Waals surface area contributed by atoms with Crippen molar-refractivity contribution in [2.24, 2.45) is 0 Å². The molecule has 80 valence electrons. The highest BCUT2D eigenvalue weighted by Crippen LogP contribution is 2.18. The maximum atomic E-state index is 11.5. The van der Waals surface area contributed by atoms with Gasteiger partial charge in [-0.2, -0.15) is 13.2 Å². The summed E-state index contributed by atoms with van der Waals surface area (Å²) in [6.07, 6.45) is -4.62. The van der Waals surface area contributed by atoms with E-state index < -0.39 is 31.1 Å². The van der Waals surface area contributed by atoms with E-state index in [1.165, 1.54) is 0 Å². The smallest absolute Gasteiger partial charge is 0.392 e. The second-order valence-electron chi connectivity index (χ2n) is 2.20. The molecule has 0 unspecified atom stereocenters. The van der Waals surface area contributed by atoms with Crippen molar-refractivity contribution in [3.63, 3.8) is 0 Å². The normalized spacial score (nSPS) is 11.6. The van der Waals surface area contributed by atoms with Gasteiger partial charge in [0.2, 0.25) is 0 Å². The molecule has 0 saturated carbocycles. The molecule has 0 heterocycles. The fourth-order valence-corrected chi connectivity index (χ4v) is 0.455. The third kappa shape index (κ3) is 8.57. The molecule has 0 fully saturated rings. The highest BCUT2D eigenvalue weighted by Gasteiger charge is 2.27. The number of halogens is 3. The van der Waals surface area contributed by atoms with E-state index in [0.29, 0.717) is 12.2 Å². The average molecular weight is 212 g/mol. The second kappa shape index (κ2) is 5.25. The number of ether oxygens (including phenoxy) is 1. The van der Waals surface area contributed by atoms with Crippen LogP contribution in [-0.2, 0) is 14.3 Å². The molecule has 0 amide bonds. The Kier molecular flexibility index (Phi) is 4.68. The Balaban J connectivity index is 3.71. The molecule has 0 aromatic rings. The molecule has 1 N–H and O–H groups in total. The van der Waals surface area contributed by atoms with Gasteiger partial charge >= 0.3 is 18.1 Å². The summed E-state index contributed by atoms with van der Waals surface area (Å²) in [6, 6.07) is 0. The zero-order valence-corrected chi connectivity index (χ0v) is 6.87. The molecule has 0 aromatic carbocycles. The van der Waals surface area contributed by atoms with Crippen LogP contribution in [-0.4, -0.2) is 29.8 Å². The van der Waals surface area contributed by atoms with Crippen molar-refractivity contribution in [3.05, 3.63) is 12.2 Å². The summed E-state index contributed by atoms with van der Waals surface area (Å²) in [5.74, 6) is -2.49. The topological polar surface area (TPSA) is 63.6 Å². The van der Waals surface area contributed by atoms with Gasteiger partial charge in [0.1, 0.15) is 6.61 Å². The van der Waals surface area contributed by atoms with E-state index in [1.54, 1.807) is 0 Å². The first kappa shape index (κ1) is 12.5. The van der Waals surface area contributed by atoms with Crippen molar-refractivity contribution >= 4 is 11.9 Å². The third-order valence-corrected chi connectivity index (χ3v) is 0.992. The molecule has 0 aliphatic rings. The average Bonchev–Trinajstić information content (AvgIpc) is 1.98. The molecule has 14 heavy (non-hydrogen) atoms. The van der Waals surface area contributed by atoms with E-state index in [0.717, 1.165) is 0 Å². The first-order valence-corrected chi connectivity index (χ1v) is 3.46. The lowest BCUT2D eigenvalue weighted by molar-refractivity contribution is -0.155. The number of carboxylic acids is 1. The standard InChI is InChI=1S/C7H7F3O4/c8-7(9,10)3-4-14-6(13)2-1-5(11)12/h1-2H,3-4H2,(H,11,12)/b2-1-. The Morgan fingerprint density at radius 1 is 1.29 bits per heavy atom. The van der Waals surface area contributed by atoms with Crippen LogP contribution in [0.3, 0.4) is 0 Å². The number of esters is 1. The Morgan fingerprint density at radius 3 is 2.29 bits per heavy atom. The van der Waals surface area contributed by atoms with Gasteiger partial charge in [-0.15, -0.1) is 0 Å². The highest BCUT2D eigenvalue weighted by molar-refractivity contribution is 5.90. The summed E-state index contributed by atoms with van der Waals surface area (Å²) in [7, 11) is 0. The zero-order valence-electron chi connectivity index (χ0n) is 6.87. The van der Waals surface area contributed by atoms with Crippen molar-refractivity contribution in [2.45, 2.75) is 12.6 Å². The van der Waals surface area contributed by atoms with Crippen LogP contribution in [0.1, 0.15) is 6.42 Å². The molecule has 0 atom stereocenters. The molecule has 0 aromatic heterocycles. The van der Waals surface area contributed by atoms with Crippen LogP contribution in [0.25, 0.3) is 0 Å². The summed E-state index contributed by atoms with van der Waals surface area (Å²) >= 11 is 0. The van der Waals surface area contributed by atoms with Crippen LogP contribution in [0.4, 0.5) is 13.2 Å². The van der Waals surface area contributed by atoms with E-state index in [4.69, 9.17) is 5.11 Å². The van der Waals surface area contributed by atoms with Crippen molar-refractivity contribution in [1.82, 2.24) is 0 Å². The van der Waals surface area contributed by atoms with E-state index in [-0.39, 0.29) is 0 Å². The monoisotopic (exact) mass is 212 g/mol. The fraction of sp³-hybridized carbons (Fsp3) is 0.429. The predicted octanol–water partition coefficient (Wildman–Crippen LogP) is 1.12. The molecule has 0 aliphatic heterocycles. The number of rotatable bonds is 4. The fourth-order valence-electron chi connectivity index (χ4n) is 0.455. The number of alkyl halides is 3. The maximum absolute atomic E-state index is 11.5. The van der Waals surface area contributed by atoms with Gasteiger partial charge in [0.25, 0.3) is 0 Å². The molecule has 0 rings (SSSR count). The Hall–Kier alpha value is -1.53. The molecule has 0 saturated heterocycles. The Morgan fingerprint density at radius 2 is 1.86 bits per heavy atom. The van der Waals surface area contributed by atoms with Gasteiger partial charge in [-0.05, 0) is 0 Å². The summed E-state index contributed by atoms with van der Waals surface area (Å²) < 4.78 is 38.6. The number of carboxylic acid groups (broad SMARTS) is 1. The van der Waals surface area contributed by atoms with Crippen LogP contribution in [0.2, 0.25) is 0 Å². The summed E-state index contributed by atoms with van der Waals surface area (Å²) in [4.78, 5) is 20.4. The Labute approximate surface area is 77.0 Å². The predicted molar refractivity (Wildman–Crippen MR) is 38.4 cm³/mol. The number of aliphatic carboxylic acids is 1. The second-order valence-corrected chi connectivity index (χ2v) is 2.20. The number of carbonyl (C=O) groups excluding carboxylic acids is 1. The summed E-state index contributed by atoms with van der Waals surface area (Å²) in [5.41, 5.74) is 0. The molecule has 0 bridgehead atoms. The zero-order chi connectivity index (χ0) is 11.2. The minimum absolute atomic E-state index is 0.482. The quantitative estimate of drug-likeness (QED) is 0.560. The SMILES string of the molecule is O=C(O)/C=C\C(=O)OCCC(F)(F)F. The van der Waals surface area contributed by atoms with Gasteiger partial charge in [-0.25, -0.2) is 9.59 Å². The van der Waals surface area contributed by atoms with Crippen LogP contribution in [0.5, 0.6) is 0 Å². The molecule has 0 aliphatic carbocycles. The van der Waals surface area contributed by atoms with Crippen molar-refractivity contribution in [1.29, 1.82) is 0 Å². The van der Waals surface area contributed by atoms with Gasteiger partial charge in [-0.1, -0.05) is 0 Å². The highest BCUT2D eigenvalue weighted by atomic mass is 19.4. The minimum Gasteiger partial charge on any atom is -0.478 e. The number of hydrogen-bond acceptors (Lipinski definition) is 3. The van der Waals surface area contributed by atoms with Gasteiger partial charge in [0.05, 0.1) is 6.42 Å². The minimum atomic E-state index is -4.39. The lowest BCUT2D eigenvalue weighted by Gasteiger charge is -2.05. The van der Waals surface area contributed by atoms with Gasteiger partial charge < -0.3 is 9.84 Å². The van der Waals surface area contributed by atoms with Crippen molar-refractivity contribution in [3.8, 4) is 0 Å². The maximum Gasteiger partial charge on any atom is 0.392 e. The van der Waals surface area contributed by atoms with Gasteiger partial charge in [-0.3, -0.25) is 0 Å².